The number of hydrogen-bond acceptors (Lipinski definition) is 2. The van der Waals surface area contributed by atoms with Crippen LogP contribution in [0.15, 0.2) is 12.4 Å². The second-order valence-corrected chi connectivity index (χ2v) is 7.24. The summed E-state index contributed by atoms with van der Waals surface area (Å²) >= 11 is 0. The van der Waals surface area contributed by atoms with Crippen molar-refractivity contribution >= 4 is 5.97 Å². The first kappa shape index (κ1) is 15.1. The van der Waals surface area contributed by atoms with Crippen LogP contribution < -0.4 is 0 Å². The number of hydrogen-bond donors (Lipinski definition) is 1. The molecule has 4 nitrogen and oxygen atoms in total. The predicted molar refractivity (Wildman–Crippen MR) is 78.3 cm³/mol. The number of nitrogens with zero attached hydrogens (tertiary/aromatic N) is 2. The Kier molecular flexibility index (Phi) is 4.21. The van der Waals surface area contributed by atoms with Gasteiger partial charge in [-0.15, -0.1) is 0 Å². The molecule has 1 aliphatic rings. The van der Waals surface area contributed by atoms with Crippen molar-refractivity contribution in [1.82, 2.24) is 9.55 Å². The number of carboxylic acid groups (broad SMARTS) is 1. The first-order valence-corrected chi connectivity index (χ1v) is 7.48. The highest BCUT2D eigenvalue weighted by atomic mass is 16.4. The summed E-state index contributed by atoms with van der Waals surface area (Å²) in [5.41, 5.74) is 0.253. The van der Waals surface area contributed by atoms with Crippen LogP contribution in [0.2, 0.25) is 0 Å². The third kappa shape index (κ3) is 3.22. The monoisotopic (exact) mass is 278 g/mol. The molecular formula is C16H26N2O2. The molecule has 0 saturated heterocycles. The summed E-state index contributed by atoms with van der Waals surface area (Å²) < 4.78 is 2.00. The van der Waals surface area contributed by atoms with Gasteiger partial charge in [-0.2, -0.15) is 0 Å². The van der Waals surface area contributed by atoms with Gasteiger partial charge in [-0.05, 0) is 36.5 Å². The van der Waals surface area contributed by atoms with E-state index in [1.54, 1.807) is 6.20 Å². The van der Waals surface area contributed by atoms with E-state index in [9.17, 15) is 9.90 Å². The van der Waals surface area contributed by atoms with Crippen molar-refractivity contribution in [3.8, 4) is 0 Å². The van der Waals surface area contributed by atoms with Gasteiger partial charge < -0.3 is 9.67 Å². The second kappa shape index (κ2) is 5.58. The Morgan fingerprint density at radius 1 is 1.45 bits per heavy atom. The maximum absolute atomic E-state index is 11.5. The van der Waals surface area contributed by atoms with Crippen molar-refractivity contribution in [3.63, 3.8) is 0 Å². The van der Waals surface area contributed by atoms with E-state index in [-0.39, 0.29) is 17.3 Å². The lowest BCUT2D eigenvalue weighted by Crippen LogP contribution is -2.36. The standard InChI is InChI=1S/C16H26N2O2/c1-16(2,3)12-5-6-13(15(19)20)11(9-12)10-14-17-7-8-18(14)4/h7-8,11-13H,5-6,9-10H2,1-4H3,(H,19,20). The molecule has 0 amide bonds. The van der Waals surface area contributed by atoms with Crippen molar-refractivity contribution < 1.29 is 9.90 Å². The molecule has 3 unspecified atom stereocenters. The first-order valence-electron chi connectivity index (χ1n) is 7.48. The van der Waals surface area contributed by atoms with Gasteiger partial charge in [0, 0.05) is 25.9 Å². The Morgan fingerprint density at radius 2 is 2.15 bits per heavy atom. The summed E-state index contributed by atoms with van der Waals surface area (Å²) in [6.45, 7) is 6.78. The summed E-state index contributed by atoms with van der Waals surface area (Å²) in [4.78, 5) is 15.9. The summed E-state index contributed by atoms with van der Waals surface area (Å²) in [7, 11) is 1.97. The van der Waals surface area contributed by atoms with E-state index in [1.807, 2.05) is 17.8 Å². The summed E-state index contributed by atoms with van der Waals surface area (Å²) in [6, 6.07) is 0. The Morgan fingerprint density at radius 3 is 2.65 bits per heavy atom. The van der Waals surface area contributed by atoms with Gasteiger partial charge >= 0.3 is 5.97 Å². The molecule has 0 aliphatic heterocycles. The lowest BCUT2D eigenvalue weighted by Gasteiger charge is -2.40. The third-order valence-corrected chi connectivity index (χ3v) is 4.89. The van der Waals surface area contributed by atoms with Crippen LogP contribution in [0.1, 0.15) is 45.9 Å². The molecule has 1 aliphatic carbocycles. The number of aryl methyl sites for hydroxylation is 1. The zero-order valence-electron chi connectivity index (χ0n) is 13.0. The quantitative estimate of drug-likeness (QED) is 0.924. The summed E-state index contributed by atoms with van der Waals surface area (Å²) in [5.74, 6) is 0.938. The fourth-order valence-corrected chi connectivity index (χ4v) is 3.43. The Hall–Kier alpha value is -1.32. The van der Waals surface area contributed by atoms with Crippen LogP contribution in [-0.2, 0) is 18.3 Å². The fourth-order valence-electron chi connectivity index (χ4n) is 3.43. The molecular weight excluding hydrogens is 252 g/mol. The van der Waals surface area contributed by atoms with Gasteiger partial charge in [0.25, 0.3) is 0 Å². The van der Waals surface area contributed by atoms with Crippen LogP contribution in [0, 0.1) is 23.2 Å². The van der Waals surface area contributed by atoms with E-state index in [2.05, 4.69) is 25.8 Å². The molecule has 0 bridgehead atoms. The van der Waals surface area contributed by atoms with Crippen molar-refractivity contribution in [1.29, 1.82) is 0 Å². The molecule has 2 rings (SSSR count). The van der Waals surface area contributed by atoms with Crippen LogP contribution >= 0.6 is 0 Å². The Bertz CT molecular complexity index is 473. The van der Waals surface area contributed by atoms with Crippen LogP contribution in [0.5, 0.6) is 0 Å². The SMILES string of the molecule is Cn1ccnc1CC1CC(C(C)(C)C)CCC1C(=O)O. The molecule has 1 aromatic rings. The van der Waals surface area contributed by atoms with E-state index in [0.717, 1.165) is 31.5 Å². The fraction of sp³-hybridized carbons (Fsp3) is 0.750. The molecule has 3 atom stereocenters. The van der Waals surface area contributed by atoms with Crippen LogP contribution in [0.25, 0.3) is 0 Å². The number of carboxylic acids is 1. The smallest absolute Gasteiger partial charge is 0.306 e. The molecule has 1 aromatic heterocycles. The van der Waals surface area contributed by atoms with E-state index < -0.39 is 5.97 Å². The molecule has 1 heterocycles. The maximum Gasteiger partial charge on any atom is 0.306 e. The van der Waals surface area contributed by atoms with Gasteiger partial charge in [0.15, 0.2) is 0 Å². The maximum atomic E-state index is 11.5. The van der Waals surface area contributed by atoms with Crippen molar-refractivity contribution in [2.24, 2.45) is 30.2 Å². The highest BCUT2D eigenvalue weighted by Crippen LogP contribution is 2.43. The van der Waals surface area contributed by atoms with E-state index in [4.69, 9.17) is 0 Å². The van der Waals surface area contributed by atoms with Gasteiger partial charge in [0.05, 0.1) is 5.92 Å². The average molecular weight is 278 g/mol. The number of carbonyl (C=O) groups is 1. The van der Waals surface area contributed by atoms with Gasteiger partial charge in [0.2, 0.25) is 0 Å². The zero-order valence-corrected chi connectivity index (χ0v) is 13.0. The molecule has 0 radical (unpaired) electrons. The van der Waals surface area contributed by atoms with Crippen molar-refractivity contribution in [2.45, 2.75) is 46.5 Å². The highest BCUT2D eigenvalue weighted by molar-refractivity contribution is 5.70. The number of aliphatic carboxylic acids is 1. The minimum atomic E-state index is -0.642. The minimum Gasteiger partial charge on any atom is -0.481 e. The van der Waals surface area contributed by atoms with Crippen LogP contribution in [-0.4, -0.2) is 20.6 Å². The number of rotatable bonds is 3. The first-order chi connectivity index (χ1) is 9.29. The number of imidazole rings is 1. The van der Waals surface area contributed by atoms with Gasteiger partial charge in [-0.1, -0.05) is 20.8 Å². The molecule has 1 fully saturated rings. The Labute approximate surface area is 121 Å². The minimum absolute atomic E-state index is 0.201. The molecule has 112 valence electrons. The predicted octanol–water partition coefficient (Wildman–Crippen LogP) is 3.13. The number of aromatic nitrogens is 2. The average Bonchev–Trinajstić information content (AvgIpc) is 2.73. The van der Waals surface area contributed by atoms with Crippen molar-refractivity contribution in [3.05, 3.63) is 18.2 Å². The van der Waals surface area contributed by atoms with Gasteiger partial charge in [-0.3, -0.25) is 4.79 Å². The third-order valence-electron chi connectivity index (χ3n) is 4.89. The second-order valence-electron chi connectivity index (χ2n) is 7.24. The molecule has 1 saturated carbocycles. The molecule has 0 aromatic carbocycles. The zero-order chi connectivity index (χ0) is 14.9. The summed E-state index contributed by atoms with van der Waals surface area (Å²) in [6.07, 6.45) is 7.30. The van der Waals surface area contributed by atoms with E-state index in [0.29, 0.717) is 5.92 Å². The lowest BCUT2D eigenvalue weighted by molar-refractivity contribution is -0.146. The molecule has 4 heteroatoms. The molecule has 1 N–H and O–H groups in total. The Balaban J connectivity index is 2.15. The van der Waals surface area contributed by atoms with E-state index >= 15 is 0 Å². The molecule has 20 heavy (non-hydrogen) atoms. The van der Waals surface area contributed by atoms with Crippen molar-refractivity contribution in [2.75, 3.05) is 0 Å². The highest BCUT2D eigenvalue weighted by Gasteiger charge is 2.39. The van der Waals surface area contributed by atoms with Crippen LogP contribution in [0.3, 0.4) is 0 Å². The normalized spacial score (nSPS) is 27.5. The molecule has 0 spiro atoms. The van der Waals surface area contributed by atoms with Gasteiger partial charge in [-0.25, -0.2) is 4.98 Å². The largest absolute Gasteiger partial charge is 0.481 e. The van der Waals surface area contributed by atoms with Gasteiger partial charge in [0.1, 0.15) is 5.82 Å². The van der Waals surface area contributed by atoms with E-state index in [1.165, 1.54) is 0 Å². The van der Waals surface area contributed by atoms with Crippen LogP contribution in [0.4, 0.5) is 0 Å². The summed E-state index contributed by atoms with van der Waals surface area (Å²) in [5, 5.41) is 9.47. The topological polar surface area (TPSA) is 55.1 Å². The lowest BCUT2D eigenvalue weighted by atomic mass is 9.65.